The second-order valence-corrected chi connectivity index (χ2v) is 5.58. The van der Waals surface area contributed by atoms with E-state index < -0.39 is 5.91 Å². The number of hydrogen-bond donors (Lipinski definition) is 2. The number of hydrogen-bond acceptors (Lipinski definition) is 5. The van der Waals surface area contributed by atoms with Crippen LogP contribution in [0.3, 0.4) is 0 Å². The Hall–Kier alpha value is -4.05. The summed E-state index contributed by atoms with van der Waals surface area (Å²) in [4.78, 5) is 32.8. The van der Waals surface area contributed by atoms with Crippen LogP contribution in [0.25, 0.3) is 0 Å². The molecule has 2 heterocycles. The van der Waals surface area contributed by atoms with E-state index >= 15 is 0 Å². The Kier molecular flexibility index (Phi) is 5.50. The number of benzene rings is 1. The maximum atomic E-state index is 12.4. The van der Waals surface area contributed by atoms with Crippen molar-refractivity contribution >= 4 is 17.5 Å². The van der Waals surface area contributed by atoms with Gasteiger partial charge in [0.25, 0.3) is 11.8 Å². The molecule has 0 fully saturated rings. The van der Waals surface area contributed by atoms with Crippen molar-refractivity contribution in [3.63, 3.8) is 0 Å². The van der Waals surface area contributed by atoms with Crippen LogP contribution in [-0.2, 0) is 6.54 Å². The zero-order chi connectivity index (χ0) is 19.1. The molecule has 0 radical (unpaired) electrons. The van der Waals surface area contributed by atoms with Crippen molar-refractivity contribution in [3.05, 3.63) is 89.5 Å². The summed E-state index contributed by atoms with van der Waals surface area (Å²) < 4.78 is 0. The van der Waals surface area contributed by atoms with Gasteiger partial charge in [0.1, 0.15) is 5.69 Å². The van der Waals surface area contributed by atoms with Gasteiger partial charge in [-0.1, -0.05) is 6.07 Å². The third-order valence-corrected chi connectivity index (χ3v) is 3.68. The second kappa shape index (κ2) is 8.36. The number of nitrogens with one attached hydrogen (secondary N) is 2. The number of carbonyl (C=O) groups is 2. The SMILES string of the molecule is N#Cc1ccc(NC(=O)c2ccnc(C(=O)NCc3ccccn3)c2)cc1. The van der Waals surface area contributed by atoms with Gasteiger partial charge in [-0.05, 0) is 48.5 Å². The van der Waals surface area contributed by atoms with Crippen molar-refractivity contribution < 1.29 is 9.59 Å². The summed E-state index contributed by atoms with van der Waals surface area (Å²) in [5.41, 5.74) is 2.22. The molecule has 2 amide bonds. The molecule has 0 aliphatic heterocycles. The van der Waals surface area contributed by atoms with Crippen LogP contribution in [-0.4, -0.2) is 21.8 Å². The van der Waals surface area contributed by atoms with Crippen LogP contribution in [0.5, 0.6) is 0 Å². The van der Waals surface area contributed by atoms with E-state index in [9.17, 15) is 9.59 Å². The fourth-order valence-electron chi connectivity index (χ4n) is 2.29. The minimum atomic E-state index is -0.395. The molecule has 2 aromatic heterocycles. The van der Waals surface area contributed by atoms with Gasteiger partial charge in [-0.15, -0.1) is 0 Å². The van der Waals surface area contributed by atoms with E-state index in [4.69, 9.17) is 5.26 Å². The fraction of sp³-hybridized carbons (Fsp3) is 0.0500. The van der Waals surface area contributed by atoms with Gasteiger partial charge < -0.3 is 10.6 Å². The lowest BCUT2D eigenvalue weighted by Gasteiger charge is -2.07. The minimum Gasteiger partial charge on any atom is -0.345 e. The number of carbonyl (C=O) groups excluding carboxylic acids is 2. The van der Waals surface area contributed by atoms with Crippen LogP contribution >= 0.6 is 0 Å². The van der Waals surface area contributed by atoms with Crippen molar-refractivity contribution in [2.24, 2.45) is 0 Å². The molecule has 27 heavy (non-hydrogen) atoms. The van der Waals surface area contributed by atoms with Gasteiger partial charge in [0.2, 0.25) is 0 Å². The van der Waals surface area contributed by atoms with Gasteiger partial charge in [0.15, 0.2) is 0 Å². The molecular weight excluding hydrogens is 342 g/mol. The van der Waals surface area contributed by atoms with E-state index in [1.807, 2.05) is 12.1 Å². The summed E-state index contributed by atoms with van der Waals surface area (Å²) in [6.07, 6.45) is 3.05. The monoisotopic (exact) mass is 357 g/mol. The molecule has 7 heteroatoms. The maximum Gasteiger partial charge on any atom is 0.270 e. The Morgan fingerprint density at radius 3 is 2.48 bits per heavy atom. The first kappa shape index (κ1) is 17.8. The Labute approximate surface area is 155 Å². The number of nitrogens with zero attached hydrogens (tertiary/aromatic N) is 3. The molecule has 0 saturated heterocycles. The van der Waals surface area contributed by atoms with Crippen molar-refractivity contribution in [2.45, 2.75) is 6.54 Å². The molecule has 0 aliphatic carbocycles. The van der Waals surface area contributed by atoms with E-state index in [-0.39, 0.29) is 18.1 Å². The zero-order valence-electron chi connectivity index (χ0n) is 14.2. The molecule has 0 atom stereocenters. The lowest BCUT2D eigenvalue weighted by molar-refractivity contribution is 0.0945. The Morgan fingerprint density at radius 2 is 1.78 bits per heavy atom. The summed E-state index contributed by atoms with van der Waals surface area (Å²) in [5, 5.41) is 14.2. The average Bonchev–Trinajstić information content (AvgIpc) is 2.73. The van der Waals surface area contributed by atoms with Gasteiger partial charge in [-0.25, -0.2) is 0 Å². The van der Waals surface area contributed by atoms with Crippen LogP contribution < -0.4 is 10.6 Å². The molecule has 0 saturated carbocycles. The van der Waals surface area contributed by atoms with Crippen LogP contribution in [0.1, 0.15) is 32.1 Å². The zero-order valence-corrected chi connectivity index (χ0v) is 14.2. The number of amides is 2. The predicted molar refractivity (Wildman–Crippen MR) is 98.8 cm³/mol. The number of pyridine rings is 2. The molecule has 7 nitrogen and oxygen atoms in total. The van der Waals surface area contributed by atoms with Crippen molar-refractivity contribution in [2.75, 3.05) is 5.32 Å². The number of rotatable bonds is 5. The van der Waals surface area contributed by atoms with Gasteiger partial charge >= 0.3 is 0 Å². The van der Waals surface area contributed by atoms with Crippen LogP contribution in [0.2, 0.25) is 0 Å². The summed E-state index contributed by atoms with van der Waals surface area (Å²) >= 11 is 0. The van der Waals surface area contributed by atoms with Crippen LogP contribution in [0, 0.1) is 11.3 Å². The number of anilines is 1. The largest absolute Gasteiger partial charge is 0.345 e. The summed E-state index contributed by atoms with van der Waals surface area (Å²) in [5.74, 6) is -0.769. The predicted octanol–water partition coefficient (Wildman–Crippen LogP) is 2.53. The van der Waals surface area contributed by atoms with Gasteiger partial charge in [-0.3, -0.25) is 19.6 Å². The van der Waals surface area contributed by atoms with E-state index in [1.54, 1.807) is 42.6 Å². The highest BCUT2D eigenvalue weighted by atomic mass is 16.2. The molecular formula is C20H15N5O2. The highest BCUT2D eigenvalue weighted by Gasteiger charge is 2.12. The highest BCUT2D eigenvalue weighted by molar-refractivity contribution is 6.05. The van der Waals surface area contributed by atoms with E-state index in [0.29, 0.717) is 16.8 Å². The summed E-state index contributed by atoms with van der Waals surface area (Å²) in [6.45, 7) is 0.267. The standard InChI is InChI=1S/C20H15N5O2/c21-12-14-4-6-16(7-5-14)25-19(26)15-8-10-23-18(11-15)20(27)24-13-17-3-1-2-9-22-17/h1-11H,13H2,(H,24,27)(H,25,26). The van der Waals surface area contributed by atoms with Crippen LogP contribution in [0.4, 0.5) is 5.69 Å². The van der Waals surface area contributed by atoms with Gasteiger partial charge in [0, 0.05) is 23.6 Å². The molecule has 0 unspecified atom stereocenters. The quantitative estimate of drug-likeness (QED) is 0.729. The molecule has 2 N–H and O–H groups in total. The lowest BCUT2D eigenvalue weighted by atomic mass is 10.2. The number of nitriles is 1. The molecule has 0 aliphatic rings. The minimum absolute atomic E-state index is 0.137. The molecule has 0 bridgehead atoms. The topological polar surface area (TPSA) is 108 Å². The Balaban J connectivity index is 1.65. The fourth-order valence-corrected chi connectivity index (χ4v) is 2.29. The molecule has 132 valence electrons. The smallest absolute Gasteiger partial charge is 0.270 e. The normalized spacial score (nSPS) is 9.89. The summed E-state index contributed by atoms with van der Waals surface area (Å²) in [7, 11) is 0. The Morgan fingerprint density at radius 1 is 0.963 bits per heavy atom. The van der Waals surface area contributed by atoms with E-state index in [0.717, 1.165) is 5.69 Å². The summed E-state index contributed by atoms with van der Waals surface area (Å²) in [6, 6.07) is 16.9. The first-order chi connectivity index (χ1) is 13.2. The van der Waals surface area contributed by atoms with Crippen LogP contribution in [0.15, 0.2) is 67.0 Å². The molecule has 0 spiro atoms. The van der Waals surface area contributed by atoms with Crippen molar-refractivity contribution in [1.82, 2.24) is 15.3 Å². The third-order valence-electron chi connectivity index (χ3n) is 3.68. The van der Waals surface area contributed by atoms with E-state index in [2.05, 4.69) is 20.6 Å². The molecule has 1 aromatic carbocycles. The third kappa shape index (κ3) is 4.74. The number of aromatic nitrogens is 2. The van der Waals surface area contributed by atoms with Crippen molar-refractivity contribution in [3.8, 4) is 6.07 Å². The maximum absolute atomic E-state index is 12.4. The van der Waals surface area contributed by atoms with E-state index in [1.165, 1.54) is 18.3 Å². The van der Waals surface area contributed by atoms with Gasteiger partial charge in [0.05, 0.1) is 23.9 Å². The van der Waals surface area contributed by atoms with Gasteiger partial charge in [-0.2, -0.15) is 5.26 Å². The average molecular weight is 357 g/mol. The molecule has 3 aromatic rings. The Bertz CT molecular complexity index is 995. The first-order valence-corrected chi connectivity index (χ1v) is 8.11. The second-order valence-electron chi connectivity index (χ2n) is 5.58. The molecule has 3 rings (SSSR count). The first-order valence-electron chi connectivity index (χ1n) is 8.11. The highest BCUT2D eigenvalue weighted by Crippen LogP contribution is 2.11. The van der Waals surface area contributed by atoms with Crippen molar-refractivity contribution in [1.29, 1.82) is 5.26 Å². The lowest BCUT2D eigenvalue weighted by Crippen LogP contribution is -2.24.